The van der Waals surface area contributed by atoms with Crippen molar-refractivity contribution in [3.8, 4) is 5.75 Å². The molecular formula is C19H28N2O3. The predicted molar refractivity (Wildman–Crippen MR) is 93.0 cm³/mol. The standard InChI is InChI=1S/C19H28N2O3/c1-20(19(23)12-15-3-2-4-18(22)11-15)17-5-8-21(9-6-17)13-16-7-10-24-14-16/h2-4,11,16-17,22H,5-10,12-14H2,1H3/t16-/m0/s1. The Morgan fingerprint density at radius 2 is 2.12 bits per heavy atom. The lowest BCUT2D eigenvalue weighted by Crippen LogP contribution is -2.47. The molecule has 0 saturated carbocycles. The highest BCUT2D eigenvalue weighted by Gasteiger charge is 2.27. The highest BCUT2D eigenvalue weighted by Crippen LogP contribution is 2.21. The van der Waals surface area contributed by atoms with Gasteiger partial charge in [0.05, 0.1) is 13.0 Å². The third-order valence-electron chi connectivity index (χ3n) is 5.30. The van der Waals surface area contributed by atoms with E-state index in [0.717, 1.165) is 51.3 Å². The first kappa shape index (κ1) is 17.2. The van der Waals surface area contributed by atoms with Crippen molar-refractivity contribution in [2.24, 2.45) is 5.92 Å². The van der Waals surface area contributed by atoms with Crippen LogP contribution in [-0.4, -0.2) is 66.8 Å². The van der Waals surface area contributed by atoms with Gasteiger partial charge in [-0.2, -0.15) is 0 Å². The van der Waals surface area contributed by atoms with Crippen LogP contribution in [0, 0.1) is 5.92 Å². The second-order valence-corrected chi connectivity index (χ2v) is 7.11. The van der Waals surface area contributed by atoms with Crippen LogP contribution in [0.1, 0.15) is 24.8 Å². The van der Waals surface area contributed by atoms with Gasteiger partial charge in [0.25, 0.3) is 0 Å². The van der Waals surface area contributed by atoms with Crippen molar-refractivity contribution in [2.45, 2.75) is 31.7 Å². The highest BCUT2D eigenvalue weighted by atomic mass is 16.5. The van der Waals surface area contributed by atoms with E-state index in [2.05, 4.69) is 4.90 Å². The fraction of sp³-hybridized carbons (Fsp3) is 0.632. The number of hydrogen-bond donors (Lipinski definition) is 1. The molecule has 0 bridgehead atoms. The largest absolute Gasteiger partial charge is 0.508 e. The summed E-state index contributed by atoms with van der Waals surface area (Å²) >= 11 is 0. The summed E-state index contributed by atoms with van der Waals surface area (Å²) in [5.41, 5.74) is 0.866. The number of carbonyl (C=O) groups is 1. The summed E-state index contributed by atoms with van der Waals surface area (Å²) in [6.45, 7) is 5.07. The lowest BCUT2D eigenvalue weighted by molar-refractivity contribution is -0.132. The van der Waals surface area contributed by atoms with Crippen LogP contribution in [0.15, 0.2) is 24.3 Å². The molecule has 5 nitrogen and oxygen atoms in total. The molecule has 1 atom stereocenters. The van der Waals surface area contributed by atoms with Crippen LogP contribution in [0.4, 0.5) is 0 Å². The number of likely N-dealkylation sites (tertiary alicyclic amines) is 1. The Labute approximate surface area is 144 Å². The zero-order chi connectivity index (χ0) is 16.9. The molecule has 2 aliphatic heterocycles. The van der Waals surface area contributed by atoms with Crippen LogP contribution in [0.2, 0.25) is 0 Å². The van der Waals surface area contributed by atoms with Gasteiger partial charge in [-0.05, 0) is 42.9 Å². The fourth-order valence-electron chi connectivity index (χ4n) is 3.75. The lowest BCUT2D eigenvalue weighted by Gasteiger charge is -2.37. The van der Waals surface area contributed by atoms with E-state index in [1.54, 1.807) is 18.2 Å². The topological polar surface area (TPSA) is 53.0 Å². The normalized spacial score (nSPS) is 22.6. The number of phenolic OH excluding ortho intramolecular Hbond substituents is 1. The van der Waals surface area contributed by atoms with Gasteiger partial charge in [0.1, 0.15) is 5.75 Å². The maximum absolute atomic E-state index is 12.5. The van der Waals surface area contributed by atoms with Crippen LogP contribution >= 0.6 is 0 Å². The molecule has 3 rings (SSSR count). The van der Waals surface area contributed by atoms with Gasteiger partial charge in [-0.15, -0.1) is 0 Å². The Kier molecular flexibility index (Phi) is 5.74. The molecular weight excluding hydrogens is 304 g/mol. The Bertz CT molecular complexity index is 549. The third-order valence-corrected chi connectivity index (χ3v) is 5.30. The smallest absolute Gasteiger partial charge is 0.226 e. The summed E-state index contributed by atoms with van der Waals surface area (Å²) < 4.78 is 5.46. The van der Waals surface area contributed by atoms with Crippen molar-refractivity contribution in [2.75, 3.05) is 39.9 Å². The maximum Gasteiger partial charge on any atom is 0.226 e. The number of likely N-dealkylation sites (N-methyl/N-ethyl adjacent to an activating group) is 1. The Balaban J connectivity index is 1.45. The van der Waals surface area contributed by atoms with Gasteiger partial charge in [-0.25, -0.2) is 0 Å². The summed E-state index contributed by atoms with van der Waals surface area (Å²) in [6.07, 6.45) is 3.61. The molecule has 0 spiro atoms. The Hall–Kier alpha value is -1.59. The zero-order valence-electron chi connectivity index (χ0n) is 14.5. The molecule has 2 saturated heterocycles. The quantitative estimate of drug-likeness (QED) is 0.895. The minimum Gasteiger partial charge on any atom is -0.508 e. The number of nitrogens with zero attached hydrogens (tertiary/aromatic N) is 2. The molecule has 2 aliphatic rings. The molecule has 0 aromatic heterocycles. The molecule has 1 aromatic rings. The summed E-state index contributed by atoms with van der Waals surface area (Å²) in [5, 5.41) is 9.52. The van der Waals surface area contributed by atoms with E-state index in [0.29, 0.717) is 18.4 Å². The summed E-state index contributed by atoms with van der Waals surface area (Å²) in [6, 6.07) is 7.28. The van der Waals surface area contributed by atoms with Crippen LogP contribution in [0.5, 0.6) is 5.75 Å². The summed E-state index contributed by atoms with van der Waals surface area (Å²) in [5.74, 6) is 1.03. The molecule has 24 heavy (non-hydrogen) atoms. The monoisotopic (exact) mass is 332 g/mol. The number of benzene rings is 1. The fourth-order valence-corrected chi connectivity index (χ4v) is 3.75. The van der Waals surface area contributed by atoms with Crippen molar-refractivity contribution in [1.82, 2.24) is 9.80 Å². The zero-order valence-corrected chi connectivity index (χ0v) is 14.5. The van der Waals surface area contributed by atoms with E-state index in [9.17, 15) is 9.90 Å². The van der Waals surface area contributed by atoms with Crippen molar-refractivity contribution in [3.05, 3.63) is 29.8 Å². The van der Waals surface area contributed by atoms with Crippen LogP contribution in [0.3, 0.4) is 0 Å². The minimum atomic E-state index is 0.128. The van der Waals surface area contributed by atoms with Gasteiger partial charge in [0.15, 0.2) is 0 Å². The second-order valence-electron chi connectivity index (χ2n) is 7.11. The molecule has 5 heteroatoms. The van der Waals surface area contributed by atoms with Gasteiger partial charge in [0.2, 0.25) is 5.91 Å². The average molecular weight is 332 g/mol. The highest BCUT2D eigenvalue weighted by molar-refractivity contribution is 5.79. The Morgan fingerprint density at radius 1 is 1.33 bits per heavy atom. The minimum absolute atomic E-state index is 0.128. The molecule has 132 valence electrons. The SMILES string of the molecule is CN(C(=O)Cc1cccc(O)c1)C1CCN(C[C@@H]2CCOC2)CC1. The molecule has 1 amide bonds. The third kappa shape index (κ3) is 4.48. The number of phenols is 1. The first-order valence-corrected chi connectivity index (χ1v) is 8.95. The molecule has 2 heterocycles. The maximum atomic E-state index is 12.5. The Morgan fingerprint density at radius 3 is 2.79 bits per heavy atom. The number of ether oxygens (including phenoxy) is 1. The van der Waals surface area contributed by atoms with Gasteiger partial charge in [0, 0.05) is 39.3 Å². The van der Waals surface area contributed by atoms with E-state index in [-0.39, 0.29) is 11.7 Å². The predicted octanol–water partition coefficient (Wildman–Crippen LogP) is 1.89. The van der Waals surface area contributed by atoms with Crippen LogP contribution in [0.25, 0.3) is 0 Å². The summed E-state index contributed by atoms with van der Waals surface area (Å²) in [7, 11) is 1.91. The van der Waals surface area contributed by atoms with E-state index < -0.39 is 0 Å². The number of rotatable bonds is 5. The van der Waals surface area contributed by atoms with Gasteiger partial charge in [-0.3, -0.25) is 4.79 Å². The first-order valence-electron chi connectivity index (χ1n) is 8.95. The van der Waals surface area contributed by atoms with Crippen LogP contribution < -0.4 is 0 Å². The number of hydrogen-bond acceptors (Lipinski definition) is 4. The summed E-state index contributed by atoms with van der Waals surface area (Å²) in [4.78, 5) is 16.9. The molecule has 1 aromatic carbocycles. The number of carbonyl (C=O) groups excluding carboxylic acids is 1. The van der Waals surface area contributed by atoms with Gasteiger partial charge in [-0.1, -0.05) is 12.1 Å². The van der Waals surface area contributed by atoms with E-state index in [1.807, 2.05) is 18.0 Å². The van der Waals surface area contributed by atoms with Gasteiger partial charge >= 0.3 is 0 Å². The van der Waals surface area contributed by atoms with E-state index in [1.165, 1.54) is 6.42 Å². The molecule has 0 unspecified atom stereocenters. The van der Waals surface area contributed by atoms with Gasteiger partial charge < -0.3 is 19.6 Å². The number of amides is 1. The molecule has 0 radical (unpaired) electrons. The van der Waals surface area contributed by atoms with Crippen molar-refractivity contribution in [1.29, 1.82) is 0 Å². The lowest BCUT2D eigenvalue weighted by atomic mass is 10.0. The van der Waals surface area contributed by atoms with Crippen molar-refractivity contribution >= 4 is 5.91 Å². The van der Waals surface area contributed by atoms with Crippen molar-refractivity contribution in [3.63, 3.8) is 0 Å². The van der Waals surface area contributed by atoms with E-state index >= 15 is 0 Å². The molecule has 2 fully saturated rings. The number of aromatic hydroxyl groups is 1. The first-order chi connectivity index (χ1) is 11.6. The van der Waals surface area contributed by atoms with Crippen molar-refractivity contribution < 1.29 is 14.6 Å². The second kappa shape index (κ2) is 7.99. The average Bonchev–Trinajstić information content (AvgIpc) is 3.08. The van der Waals surface area contributed by atoms with E-state index in [4.69, 9.17) is 4.74 Å². The molecule has 1 N–H and O–H groups in total. The molecule has 0 aliphatic carbocycles. The van der Waals surface area contributed by atoms with Crippen LogP contribution in [-0.2, 0) is 16.0 Å². The number of piperidine rings is 1.